The molecular formula is C12H10N4O6. The Morgan fingerprint density at radius 2 is 1.68 bits per heavy atom. The van der Waals surface area contributed by atoms with E-state index >= 15 is 0 Å². The van der Waals surface area contributed by atoms with Gasteiger partial charge in [-0.15, -0.1) is 0 Å². The van der Waals surface area contributed by atoms with Crippen molar-refractivity contribution in [3.63, 3.8) is 0 Å². The lowest BCUT2D eigenvalue weighted by Gasteiger charge is -2.00. The minimum Gasteiger partial charge on any atom is -0.325 e. The summed E-state index contributed by atoms with van der Waals surface area (Å²) in [7, 11) is 0. The average Bonchev–Trinajstić information content (AvgIpc) is 2.90. The first-order chi connectivity index (χ1) is 10.5. The van der Waals surface area contributed by atoms with Gasteiger partial charge in [-0.05, 0) is 6.42 Å². The van der Waals surface area contributed by atoms with Crippen LogP contribution in [-0.4, -0.2) is 18.7 Å². The summed E-state index contributed by atoms with van der Waals surface area (Å²) in [5, 5.41) is 0. The van der Waals surface area contributed by atoms with Gasteiger partial charge in [0.05, 0.1) is 6.33 Å². The fourth-order valence-electron chi connectivity index (χ4n) is 2.05. The summed E-state index contributed by atoms with van der Waals surface area (Å²) in [5.41, 5.74) is -4.15. The molecule has 3 aromatic heterocycles. The van der Waals surface area contributed by atoms with Crippen LogP contribution in [0.1, 0.15) is 13.3 Å². The first-order valence-electron chi connectivity index (χ1n) is 6.38. The first-order valence-corrected chi connectivity index (χ1v) is 6.38. The van der Waals surface area contributed by atoms with Crippen LogP contribution < -0.4 is 22.5 Å². The number of hydrogen-bond donors (Lipinski definition) is 0. The third kappa shape index (κ3) is 2.01. The third-order valence-electron chi connectivity index (χ3n) is 2.93. The first kappa shape index (κ1) is 13.8. The summed E-state index contributed by atoms with van der Waals surface area (Å²) >= 11 is 0. The molecule has 22 heavy (non-hydrogen) atoms. The Hall–Kier alpha value is -3.17. The molecule has 0 atom stereocenters. The number of aryl methyl sites for hydroxylation is 1. The van der Waals surface area contributed by atoms with Crippen molar-refractivity contribution >= 4 is 11.2 Å². The van der Waals surface area contributed by atoms with Gasteiger partial charge in [-0.25, -0.2) is 19.4 Å². The summed E-state index contributed by atoms with van der Waals surface area (Å²) in [5.74, 6) is 0. The Bertz CT molecular complexity index is 1130. The predicted molar refractivity (Wildman–Crippen MR) is 72.9 cm³/mol. The lowest BCUT2D eigenvalue weighted by molar-refractivity contribution is 0.263. The molecule has 3 heterocycles. The van der Waals surface area contributed by atoms with Gasteiger partial charge in [0.25, 0.3) is 0 Å². The molecule has 0 N–H and O–H groups in total. The number of aromatic nitrogens is 4. The molecule has 2 bridgehead atoms. The molecule has 3 rings (SSSR count). The van der Waals surface area contributed by atoms with Crippen molar-refractivity contribution in [3.05, 3.63) is 60.1 Å². The van der Waals surface area contributed by atoms with E-state index in [4.69, 9.17) is 4.52 Å². The van der Waals surface area contributed by atoms with Crippen molar-refractivity contribution < 1.29 is 9.05 Å². The van der Waals surface area contributed by atoms with Crippen LogP contribution in [-0.2, 0) is 6.54 Å². The van der Waals surface area contributed by atoms with E-state index in [9.17, 15) is 19.2 Å². The smallest absolute Gasteiger partial charge is 0.325 e. The van der Waals surface area contributed by atoms with Crippen LogP contribution in [0.2, 0.25) is 0 Å². The molecule has 0 aromatic carbocycles. The van der Waals surface area contributed by atoms with Crippen LogP contribution >= 0.6 is 0 Å². The van der Waals surface area contributed by atoms with Gasteiger partial charge in [-0.3, -0.25) is 4.79 Å². The van der Waals surface area contributed by atoms with E-state index in [0.29, 0.717) is 17.5 Å². The summed E-state index contributed by atoms with van der Waals surface area (Å²) < 4.78 is 11.7. The van der Waals surface area contributed by atoms with Crippen molar-refractivity contribution in [3.8, 4) is 0 Å². The van der Waals surface area contributed by atoms with Crippen LogP contribution in [0, 0.1) is 0 Å². The van der Waals surface area contributed by atoms with E-state index in [0.717, 1.165) is 12.1 Å². The normalized spacial score (nSPS) is 11.1. The van der Waals surface area contributed by atoms with Gasteiger partial charge < -0.3 is 13.6 Å². The number of nitrogens with zero attached hydrogens (tertiary/aromatic N) is 4. The molecule has 0 amide bonds. The fraction of sp³-hybridized carbons (Fsp3) is 0.250. The van der Waals surface area contributed by atoms with Gasteiger partial charge in [0, 0.05) is 18.7 Å². The number of imidazole rings is 1. The van der Waals surface area contributed by atoms with Crippen molar-refractivity contribution in [2.75, 3.05) is 0 Å². The molecule has 0 aliphatic heterocycles. The minimum absolute atomic E-state index is 0.0102. The summed E-state index contributed by atoms with van der Waals surface area (Å²) in [6.45, 7) is 2.34. The largest absolute Gasteiger partial charge is 0.400 e. The Labute approximate surface area is 120 Å². The zero-order valence-electron chi connectivity index (χ0n) is 11.4. The topological polar surface area (TPSA) is 121 Å². The quantitative estimate of drug-likeness (QED) is 0.594. The maximum atomic E-state index is 12.4. The van der Waals surface area contributed by atoms with Crippen LogP contribution in [0.3, 0.4) is 0 Å². The lowest BCUT2D eigenvalue weighted by atomic mass is 10.4. The average molecular weight is 306 g/mol. The molecule has 114 valence electrons. The highest BCUT2D eigenvalue weighted by atomic mass is 16.5. The maximum Gasteiger partial charge on any atom is 0.400 e. The molecule has 10 heteroatoms. The highest BCUT2D eigenvalue weighted by molar-refractivity contribution is 5.69. The van der Waals surface area contributed by atoms with Crippen LogP contribution in [0.4, 0.5) is 0 Å². The molecular weight excluding hydrogens is 296 g/mol. The molecule has 0 fully saturated rings. The van der Waals surface area contributed by atoms with E-state index in [-0.39, 0.29) is 15.7 Å². The molecule has 0 spiro atoms. The SMILES string of the molecule is CCCn1cnc2c1c(=O)n1oc(=O)ccc(=O)on2c1=O. The Balaban J connectivity index is 2.74. The zero-order chi connectivity index (χ0) is 15.9. The Morgan fingerprint density at radius 1 is 1.05 bits per heavy atom. The molecule has 0 aliphatic rings. The minimum atomic E-state index is -1.13. The molecule has 3 aromatic rings. The second-order valence-electron chi connectivity index (χ2n) is 4.44. The number of hydrogen-bond acceptors (Lipinski definition) is 7. The zero-order valence-corrected chi connectivity index (χ0v) is 11.4. The van der Waals surface area contributed by atoms with Gasteiger partial charge >= 0.3 is 22.5 Å². The number of fused-ring (bicyclic) bond motifs is 4. The lowest BCUT2D eigenvalue weighted by Crippen LogP contribution is -2.34. The highest BCUT2D eigenvalue weighted by Crippen LogP contribution is 2.05. The Kier molecular flexibility index (Phi) is 3.13. The molecule has 0 radical (unpaired) electrons. The van der Waals surface area contributed by atoms with E-state index in [1.54, 1.807) is 0 Å². The van der Waals surface area contributed by atoms with Crippen LogP contribution in [0.25, 0.3) is 11.2 Å². The van der Waals surface area contributed by atoms with E-state index in [1.165, 1.54) is 10.9 Å². The highest BCUT2D eigenvalue weighted by Gasteiger charge is 2.16. The molecule has 0 aliphatic carbocycles. The van der Waals surface area contributed by atoms with Crippen molar-refractivity contribution in [2.24, 2.45) is 0 Å². The molecule has 0 saturated heterocycles. The van der Waals surface area contributed by atoms with Crippen LogP contribution in [0.5, 0.6) is 0 Å². The van der Waals surface area contributed by atoms with Crippen molar-refractivity contribution in [1.29, 1.82) is 0 Å². The van der Waals surface area contributed by atoms with Crippen molar-refractivity contribution in [2.45, 2.75) is 19.9 Å². The summed E-state index contributed by atoms with van der Waals surface area (Å²) in [6, 6.07) is 1.54. The van der Waals surface area contributed by atoms with Gasteiger partial charge in [-0.2, -0.15) is 0 Å². The third-order valence-corrected chi connectivity index (χ3v) is 2.93. The maximum absolute atomic E-state index is 12.4. The molecule has 10 nitrogen and oxygen atoms in total. The molecule has 0 unspecified atom stereocenters. The fourth-order valence-corrected chi connectivity index (χ4v) is 2.05. The second-order valence-corrected chi connectivity index (χ2v) is 4.44. The van der Waals surface area contributed by atoms with Gasteiger partial charge in [0.15, 0.2) is 5.52 Å². The summed E-state index contributed by atoms with van der Waals surface area (Å²) in [4.78, 5) is 51.5. The predicted octanol–water partition coefficient (Wildman–Crippen LogP) is -1.01. The van der Waals surface area contributed by atoms with Gasteiger partial charge in [0.2, 0.25) is 5.65 Å². The monoisotopic (exact) mass is 306 g/mol. The van der Waals surface area contributed by atoms with E-state index in [1.807, 2.05) is 6.92 Å². The Morgan fingerprint density at radius 3 is 2.32 bits per heavy atom. The standard InChI is InChI=1S/C12H10N4O6/c1-2-5-14-6-13-10-9(14)11(19)16-12(20)15(10)21-7(17)3-4-8(18)22-16/h3-4,6H,2,5H2,1H3. The van der Waals surface area contributed by atoms with E-state index < -0.39 is 22.5 Å². The van der Waals surface area contributed by atoms with Gasteiger partial charge in [-0.1, -0.05) is 16.1 Å². The van der Waals surface area contributed by atoms with E-state index in [2.05, 4.69) is 9.51 Å². The number of rotatable bonds is 2. The van der Waals surface area contributed by atoms with Gasteiger partial charge in [0.1, 0.15) is 0 Å². The van der Waals surface area contributed by atoms with Crippen molar-refractivity contribution in [1.82, 2.24) is 18.7 Å². The molecule has 0 saturated carbocycles. The summed E-state index contributed by atoms with van der Waals surface area (Å²) in [6.07, 6.45) is 2.04. The van der Waals surface area contributed by atoms with Crippen LogP contribution in [0.15, 0.2) is 46.7 Å². The second kappa shape index (κ2) is 4.98.